The van der Waals surface area contributed by atoms with Gasteiger partial charge in [-0.25, -0.2) is 0 Å². The Hall–Kier alpha value is -7.94. The van der Waals surface area contributed by atoms with Crippen molar-refractivity contribution < 1.29 is 0 Å². The topological polar surface area (TPSA) is 6.48 Å². The average molecular weight is 803 g/mol. The largest absolute Gasteiger partial charge is 0.310 e. The molecule has 0 aromatic heterocycles. The first-order valence-corrected chi connectivity index (χ1v) is 22.0. The monoisotopic (exact) mass is 802 g/mol. The van der Waals surface area contributed by atoms with Crippen LogP contribution in [0.1, 0.15) is 16.7 Å². The van der Waals surface area contributed by atoms with Gasteiger partial charge >= 0.3 is 0 Å². The van der Waals surface area contributed by atoms with E-state index < -0.39 is 0 Å². The zero-order chi connectivity index (χ0) is 41.9. The van der Waals surface area contributed by atoms with E-state index >= 15 is 0 Å². The van der Waals surface area contributed by atoms with Crippen molar-refractivity contribution in [2.45, 2.75) is 20.8 Å². The minimum Gasteiger partial charge on any atom is -0.310 e. The van der Waals surface area contributed by atoms with Crippen molar-refractivity contribution in [1.82, 2.24) is 0 Å². The Morgan fingerprint density at radius 2 is 0.492 bits per heavy atom. The normalized spacial score (nSPS) is 12.0. The van der Waals surface area contributed by atoms with Gasteiger partial charge in [0.15, 0.2) is 0 Å². The quantitative estimate of drug-likeness (QED) is 0.122. The first kappa shape index (κ1) is 35.8. The lowest BCUT2D eigenvalue weighted by molar-refractivity contribution is 1.28. The molecule has 0 saturated carbocycles. The second kappa shape index (κ2) is 13.5. The number of nitrogens with zero attached hydrogens (tertiary/aromatic N) is 2. The molecule has 296 valence electrons. The SMILES string of the molecule is Cc1ccc(N(c2ccccc2)c2ccc3c4c2cccc4c2cccc4c2c3c2cccc3c5cccc6c(N(c7ccc(C)cc7)c7ccc(C)cc7)ccc(c65)c4c32)cc1. The number of aryl methyl sites for hydroxylation is 3. The summed E-state index contributed by atoms with van der Waals surface area (Å²) in [6.07, 6.45) is 0. The van der Waals surface area contributed by atoms with Crippen molar-refractivity contribution in [2.75, 3.05) is 9.80 Å². The predicted octanol–water partition coefficient (Wildman–Crippen LogP) is 17.7. The molecule has 2 heteroatoms. The Morgan fingerprint density at radius 1 is 0.206 bits per heavy atom. The number of rotatable bonds is 6. The molecule has 0 atom stereocenters. The van der Waals surface area contributed by atoms with Crippen LogP contribution in [0.2, 0.25) is 0 Å². The lowest BCUT2D eigenvalue weighted by atomic mass is 9.81. The van der Waals surface area contributed by atoms with Crippen molar-refractivity contribution in [3.05, 3.63) is 217 Å². The zero-order valence-electron chi connectivity index (χ0n) is 35.4. The molecule has 0 aliphatic carbocycles. The first-order valence-electron chi connectivity index (χ1n) is 22.0. The van der Waals surface area contributed by atoms with E-state index in [2.05, 4.69) is 231 Å². The van der Waals surface area contributed by atoms with Crippen molar-refractivity contribution in [3.63, 3.8) is 0 Å². The highest BCUT2D eigenvalue weighted by atomic mass is 15.1. The highest BCUT2D eigenvalue weighted by Crippen LogP contribution is 2.53. The van der Waals surface area contributed by atoms with Gasteiger partial charge in [0.25, 0.3) is 0 Å². The van der Waals surface area contributed by atoms with Gasteiger partial charge in [0.1, 0.15) is 0 Å². The molecule has 13 aromatic rings. The van der Waals surface area contributed by atoms with E-state index in [-0.39, 0.29) is 0 Å². The van der Waals surface area contributed by atoms with Gasteiger partial charge in [-0.2, -0.15) is 0 Å². The van der Waals surface area contributed by atoms with E-state index in [1.54, 1.807) is 0 Å². The summed E-state index contributed by atoms with van der Waals surface area (Å²) in [7, 11) is 0. The summed E-state index contributed by atoms with van der Waals surface area (Å²) in [6, 6.07) is 74.9. The molecule has 0 heterocycles. The van der Waals surface area contributed by atoms with Gasteiger partial charge in [0, 0.05) is 33.5 Å². The van der Waals surface area contributed by atoms with E-state index in [1.807, 2.05) is 0 Å². The van der Waals surface area contributed by atoms with Gasteiger partial charge in [0.05, 0.1) is 11.4 Å². The highest BCUT2D eigenvalue weighted by molar-refractivity contribution is 6.48. The molecule has 13 aromatic carbocycles. The summed E-state index contributed by atoms with van der Waals surface area (Å²) in [5.74, 6) is 0. The van der Waals surface area contributed by atoms with Crippen LogP contribution in [-0.2, 0) is 0 Å². The van der Waals surface area contributed by atoms with Gasteiger partial charge in [-0.15, -0.1) is 0 Å². The molecule has 0 aliphatic rings. The Balaban J connectivity index is 1.14. The first-order chi connectivity index (χ1) is 31.0. The van der Waals surface area contributed by atoms with Crippen LogP contribution in [0.5, 0.6) is 0 Å². The maximum absolute atomic E-state index is 2.43. The third-order valence-corrected chi connectivity index (χ3v) is 13.7. The molecule has 63 heavy (non-hydrogen) atoms. The zero-order valence-corrected chi connectivity index (χ0v) is 35.4. The van der Waals surface area contributed by atoms with E-state index in [0.29, 0.717) is 0 Å². The average Bonchev–Trinajstić information content (AvgIpc) is 3.32. The number of benzene rings is 13. The summed E-state index contributed by atoms with van der Waals surface area (Å²) in [5.41, 5.74) is 10.7. The molecule has 0 unspecified atom stereocenters. The van der Waals surface area contributed by atoms with E-state index in [1.165, 1.54) is 114 Å². The molecule has 13 rings (SSSR count). The Labute approximate surface area is 366 Å². The van der Waals surface area contributed by atoms with Crippen LogP contribution in [0.25, 0.3) is 86.2 Å². The molecule has 0 fully saturated rings. The van der Waals surface area contributed by atoms with Crippen LogP contribution < -0.4 is 9.80 Å². The lowest BCUT2D eigenvalue weighted by Gasteiger charge is -2.29. The van der Waals surface area contributed by atoms with Crippen LogP contribution in [0, 0.1) is 20.8 Å². The smallest absolute Gasteiger partial charge is 0.0540 e. The Bertz CT molecular complexity index is 3860. The molecule has 0 saturated heterocycles. The van der Waals surface area contributed by atoms with Crippen LogP contribution >= 0.6 is 0 Å². The molecule has 0 amide bonds. The van der Waals surface area contributed by atoms with Crippen molar-refractivity contribution in [3.8, 4) is 0 Å². The number of anilines is 6. The molecular weight excluding hydrogens is 761 g/mol. The molecule has 0 N–H and O–H groups in total. The van der Waals surface area contributed by atoms with Crippen LogP contribution in [0.3, 0.4) is 0 Å². The number of para-hydroxylation sites is 1. The summed E-state index contributed by atoms with van der Waals surface area (Å²) in [6.45, 7) is 6.46. The second-order valence-corrected chi connectivity index (χ2v) is 17.4. The van der Waals surface area contributed by atoms with E-state index in [9.17, 15) is 0 Å². The molecule has 0 bridgehead atoms. The highest BCUT2D eigenvalue weighted by Gasteiger charge is 2.25. The van der Waals surface area contributed by atoms with Crippen molar-refractivity contribution in [1.29, 1.82) is 0 Å². The van der Waals surface area contributed by atoms with Crippen LogP contribution in [0.4, 0.5) is 34.1 Å². The predicted molar refractivity (Wildman–Crippen MR) is 272 cm³/mol. The fourth-order valence-corrected chi connectivity index (χ4v) is 10.9. The van der Waals surface area contributed by atoms with Crippen molar-refractivity contribution >= 4 is 120 Å². The summed E-state index contributed by atoms with van der Waals surface area (Å²) >= 11 is 0. The maximum atomic E-state index is 2.43. The summed E-state index contributed by atoms with van der Waals surface area (Å²) < 4.78 is 0. The minimum atomic E-state index is 1.14. The number of hydrogen-bond acceptors (Lipinski definition) is 2. The maximum Gasteiger partial charge on any atom is 0.0540 e. The van der Waals surface area contributed by atoms with Crippen molar-refractivity contribution in [2.24, 2.45) is 0 Å². The molecule has 0 radical (unpaired) electrons. The minimum absolute atomic E-state index is 1.14. The Morgan fingerprint density at radius 3 is 0.873 bits per heavy atom. The molecular formula is C61H42N2. The molecule has 0 spiro atoms. The van der Waals surface area contributed by atoms with Crippen LogP contribution in [0.15, 0.2) is 200 Å². The molecule has 2 nitrogen and oxygen atoms in total. The van der Waals surface area contributed by atoms with E-state index in [0.717, 1.165) is 22.7 Å². The van der Waals surface area contributed by atoms with Gasteiger partial charge in [0.2, 0.25) is 0 Å². The number of hydrogen-bond donors (Lipinski definition) is 0. The van der Waals surface area contributed by atoms with Gasteiger partial charge < -0.3 is 9.80 Å². The van der Waals surface area contributed by atoms with Gasteiger partial charge in [-0.1, -0.05) is 156 Å². The summed E-state index contributed by atoms with van der Waals surface area (Å²) in [5, 5.41) is 20.8. The molecule has 0 aliphatic heterocycles. The second-order valence-electron chi connectivity index (χ2n) is 17.4. The van der Waals surface area contributed by atoms with E-state index in [4.69, 9.17) is 0 Å². The standard InChI is InChI=1S/C61H42N2/c1-37-21-27-41(28-22-37)62(40-11-5-4-6-12-40)54-35-33-52-56-44(13-7-17-48(54)56)46-15-9-20-51-58(46)60(52)50-19-10-16-47-45-14-8-18-49-55(36-34-53(57(45)49)61(51)59(47)50)63(42-29-23-38(2)24-30-42)43-31-25-39(3)26-32-43/h4-36H,1-3H3. The summed E-state index contributed by atoms with van der Waals surface area (Å²) in [4.78, 5) is 4.85. The third-order valence-electron chi connectivity index (χ3n) is 13.7. The van der Waals surface area contributed by atoms with Gasteiger partial charge in [-0.3, -0.25) is 0 Å². The lowest BCUT2D eigenvalue weighted by Crippen LogP contribution is -2.10. The van der Waals surface area contributed by atoms with Crippen LogP contribution in [-0.4, -0.2) is 0 Å². The number of fused-ring (bicyclic) bond motifs is 6. The van der Waals surface area contributed by atoms with Gasteiger partial charge in [-0.05, 0) is 157 Å². The fourth-order valence-electron chi connectivity index (χ4n) is 10.9. The third kappa shape index (κ3) is 5.19. The fraction of sp³-hybridized carbons (Fsp3) is 0.0492. The Kier molecular flexibility index (Phi) is 7.68.